The highest BCUT2D eigenvalue weighted by Crippen LogP contribution is 2.27. The molecule has 90 valence electrons. The first kappa shape index (κ1) is 12.7. The van der Waals surface area contributed by atoms with Crippen LogP contribution in [0.1, 0.15) is 16.5 Å². The SMILES string of the molecule is CNC(Cc1ccc(Br)s1)c1ccncc1F. The number of nitrogens with zero attached hydrogens (tertiary/aromatic N) is 1. The zero-order valence-corrected chi connectivity index (χ0v) is 11.7. The molecular formula is C12H12BrFN2S. The minimum atomic E-state index is -0.262. The third-order valence-electron chi connectivity index (χ3n) is 2.56. The molecule has 0 fully saturated rings. The van der Waals surface area contributed by atoms with Crippen LogP contribution >= 0.6 is 27.3 Å². The number of rotatable bonds is 4. The molecule has 2 aromatic rings. The molecule has 17 heavy (non-hydrogen) atoms. The summed E-state index contributed by atoms with van der Waals surface area (Å²) in [6.45, 7) is 0. The van der Waals surface area contributed by atoms with Gasteiger partial charge >= 0.3 is 0 Å². The van der Waals surface area contributed by atoms with Crippen molar-refractivity contribution in [2.75, 3.05) is 7.05 Å². The number of likely N-dealkylation sites (N-methyl/N-ethyl adjacent to an activating group) is 1. The number of pyridine rings is 1. The van der Waals surface area contributed by atoms with Crippen molar-refractivity contribution in [1.29, 1.82) is 0 Å². The maximum Gasteiger partial charge on any atom is 0.146 e. The molecule has 0 aliphatic carbocycles. The molecule has 0 saturated heterocycles. The largest absolute Gasteiger partial charge is 0.313 e. The van der Waals surface area contributed by atoms with Gasteiger partial charge in [0.25, 0.3) is 0 Å². The predicted molar refractivity (Wildman–Crippen MR) is 71.7 cm³/mol. The quantitative estimate of drug-likeness (QED) is 0.933. The fourth-order valence-electron chi connectivity index (χ4n) is 1.70. The zero-order chi connectivity index (χ0) is 12.3. The molecule has 0 aliphatic heterocycles. The number of nitrogens with one attached hydrogen (secondary N) is 1. The average molecular weight is 315 g/mol. The van der Waals surface area contributed by atoms with Gasteiger partial charge < -0.3 is 5.32 Å². The minimum Gasteiger partial charge on any atom is -0.313 e. The van der Waals surface area contributed by atoms with E-state index in [1.165, 1.54) is 11.1 Å². The van der Waals surface area contributed by atoms with Crippen molar-refractivity contribution in [3.05, 3.63) is 50.6 Å². The van der Waals surface area contributed by atoms with Crippen LogP contribution in [0.15, 0.2) is 34.4 Å². The molecule has 2 nitrogen and oxygen atoms in total. The Morgan fingerprint density at radius 3 is 2.88 bits per heavy atom. The summed E-state index contributed by atoms with van der Waals surface area (Å²) in [4.78, 5) is 4.98. The van der Waals surface area contributed by atoms with Gasteiger partial charge in [0.05, 0.1) is 9.98 Å². The Kier molecular flexibility index (Phi) is 4.25. The van der Waals surface area contributed by atoms with Gasteiger partial charge in [-0.25, -0.2) is 4.39 Å². The topological polar surface area (TPSA) is 24.9 Å². The molecule has 0 bridgehead atoms. The standard InChI is InChI=1S/C12H12BrFN2S/c1-15-11(6-8-2-3-12(13)17-8)9-4-5-16-7-10(9)14/h2-5,7,11,15H,6H2,1H3. The van der Waals surface area contributed by atoms with E-state index in [1.807, 2.05) is 13.1 Å². The van der Waals surface area contributed by atoms with Crippen LogP contribution in [0.4, 0.5) is 4.39 Å². The second-order valence-electron chi connectivity index (χ2n) is 3.65. The minimum absolute atomic E-state index is 0.0245. The normalized spacial score (nSPS) is 12.6. The number of thiophene rings is 1. The Balaban J connectivity index is 2.20. The fraction of sp³-hybridized carbons (Fsp3) is 0.250. The first-order valence-electron chi connectivity index (χ1n) is 5.21. The Morgan fingerprint density at radius 2 is 2.29 bits per heavy atom. The van der Waals surface area contributed by atoms with Crippen LogP contribution in [0.3, 0.4) is 0 Å². The van der Waals surface area contributed by atoms with Gasteiger partial charge in [-0.05, 0) is 41.2 Å². The molecule has 0 aliphatic rings. The molecule has 5 heteroatoms. The predicted octanol–water partition coefficient (Wildman–Crippen LogP) is 3.55. The molecular weight excluding hydrogens is 303 g/mol. The Hall–Kier alpha value is -0.780. The zero-order valence-electron chi connectivity index (χ0n) is 9.28. The van der Waals surface area contributed by atoms with Crippen molar-refractivity contribution in [3.63, 3.8) is 0 Å². The first-order valence-corrected chi connectivity index (χ1v) is 6.82. The molecule has 0 amide bonds. The number of halogens is 2. The maximum atomic E-state index is 13.6. The van der Waals surface area contributed by atoms with Gasteiger partial charge in [0.15, 0.2) is 0 Å². The van der Waals surface area contributed by atoms with Crippen LogP contribution in [0.2, 0.25) is 0 Å². The first-order chi connectivity index (χ1) is 8.20. The Bertz CT molecular complexity index is 501. The molecule has 0 aromatic carbocycles. The molecule has 2 heterocycles. The van der Waals surface area contributed by atoms with E-state index in [0.29, 0.717) is 5.56 Å². The summed E-state index contributed by atoms with van der Waals surface area (Å²) in [5, 5.41) is 3.14. The number of aromatic nitrogens is 1. The smallest absolute Gasteiger partial charge is 0.146 e. The molecule has 0 spiro atoms. The van der Waals surface area contributed by atoms with Gasteiger partial charge in [-0.1, -0.05) is 0 Å². The lowest BCUT2D eigenvalue weighted by atomic mass is 10.0. The average Bonchev–Trinajstić information content (AvgIpc) is 2.73. The van der Waals surface area contributed by atoms with Crippen LogP contribution in [0, 0.1) is 5.82 Å². The van der Waals surface area contributed by atoms with Crippen molar-refractivity contribution in [2.45, 2.75) is 12.5 Å². The van der Waals surface area contributed by atoms with E-state index in [0.717, 1.165) is 10.2 Å². The van der Waals surface area contributed by atoms with E-state index in [1.54, 1.807) is 23.6 Å². The van der Waals surface area contributed by atoms with Crippen LogP contribution in [-0.4, -0.2) is 12.0 Å². The monoisotopic (exact) mass is 314 g/mol. The fourth-order valence-corrected chi connectivity index (χ4v) is 3.23. The highest BCUT2D eigenvalue weighted by atomic mass is 79.9. The summed E-state index contributed by atoms with van der Waals surface area (Å²) < 4.78 is 14.7. The van der Waals surface area contributed by atoms with E-state index < -0.39 is 0 Å². The molecule has 2 aromatic heterocycles. The Labute approximate surface area is 112 Å². The molecule has 2 rings (SSSR count). The highest BCUT2D eigenvalue weighted by Gasteiger charge is 2.15. The van der Waals surface area contributed by atoms with Crippen molar-refractivity contribution in [2.24, 2.45) is 0 Å². The third kappa shape index (κ3) is 3.12. The number of hydrogen-bond acceptors (Lipinski definition) is 3. The van der Waals surface area contributed by atoms with Gasteiger partial charge in [-0.2, -0.15) is 0 Å². The lowest BCUT2D eigenvalue weighted by Gasteiger charge is -2.16. The van der Waals surface area contributed by atoms with Crippen molar-refractivity contribution in [3.8, 4) is 0 Å². The van der Waals surface area contributed by atoms with E-state index in [4.69, 9.17) is 0 Å². The van der Waals surface area contributed by atoms with E-state index in [2.05, 4.69) is 32.3 Å². The Morgan fingerprint density at radius 1 is 1.47 bits per heavy atom. The van der Waals surface area contributed by atoms with Crippen LogP contribution in [0.25, 0.3) is 0 Å². The lowest BCUT2D eigenvalue weighted by molar-refractivity contribution is 0.532. The summed E-state index contributed by atoms with van der Waals surface area (Å²) in [6, 6.07) is 5.76. The maximum absolute atomic E-state index is 13.6. The summed E-state index contributed by atoms with van der Waals surface area (Å²) in [6.07, 6.45) is 3.64. The number of hydrogen-bond donors (Lipinski definition) is 1. The second kappa shape index (κ2) is 5.71. The molecule has 1 unspecified atom stereocenters. The molecule has 1 N–H and O–H groups in total. The molecule has 1 atom stereocenters. The van der Waals surface area contributed by atoms with E-state index >= 15 is 0 Å². The van der Waals surface area contributed by atoms with Crippen molar-refractivity contribution >= 4 is 27.3 Å². The van der Waals surface area contributed by atoms with Crippen LogP contribution in [-0.2, 0) is 6.42 Å². The van der Waals surface area contributed by atoms with Crippen LogP contribution < -0.4 is 5.32 Å². The van der Waals surface area contributed by atoms with Gasteiger partial charge in [-0.3, -0.25) is 4.98 Å². The highest BCUT2D eigenvalue weighted by molar-refractivity contribution is 9.11. The summed E-state index contributed by atoms with van der Waals surface area (Å²) in [5.41, 5.74) is 0.659. The second-order valence-corrected chi connectivity index (χ2v) is 6.20. The third-order valence-corrected chi connectivity index (χ3v) is 4.21. The van der Waals surface area contributed by atoms with Gasteiger partial charge in [0.2, 0.25) is 0 Å². The van der Waals surface area contributed by atoms with Gasteiger partial charge in [0, 0.05) is 29.1 Å². The summed E-state index contributed by atoms with van der Waals surface area (Å²) in [7, 11) is 1.84. The lowest BCUT2D eigenvalue weighted by Crippen LogP contribution is -2.19. The molecule has 0 radical (unpaired) electrons. The van der Waals surface area contributed by atoms with E-state index in [9.17, 15) is 4.39 Å². The molecule has 0 saturated carbocycles. The summed E-state index contributed by atoms with van der Waals surface area (Å²) in [5.74, 6) is -0.262. The van der Waals surface area contributed by atoms with Gasteiger partial charge in [0.1, 0.15) is 5.82 Å². The van der Waals surface area contributed by atoms with Gasteiger partial charge in [-0.15, -0.1) is 11.3 Å². The van der Waals surface area contributed by atoms with Crippen LogP contribution in [0.5, 0.6) is 0 Å². The summed E-state index contributed by atoms with van der Waals surface area (Å²) >= 11 is 5.10. The van der Waals surface area contributed by atoms with Crippen molar-refractivity contribution in [1.82, 2.24) is 10.3 Å². The van der Waals surface area contributed by atoms with E-state index in [-0.39, 0.29) is 11.9 Å². The van der Waals surface area contributed by atoms with Crippen molar-refractivity contribution < 1.29 is 4.39 Å².